The van der Waals surface area contributed by atoms with Gasteiger partial charge in [-0.15, -0.1) is 0 Å². The smallest absolute Gasteiger partial charge is 0.320 e. The van der Waals surface area contributed by atoms with E-state index >= 15 is 0 Å². The first-order valence-electron chi connectivity index (χ1n) is 4.52. The van der Waals surface area contributed by atoms with Crippen LogP contribution in [-0.2, 0) is 4.79 Å². The Balaban J connectivity index is 2.30. The van der Waals surface area contributed by atoms with E-state index in [1.807, 2.05) is 0 Å². The molecule has 0 spiro atoms. The van der Waals surface area contributed by atoms with Gasteiger partial charge in [-0.1, -0.05) is 0 Å². The van der Waals surface area contributed by atoms with Crippen LogP contribution in [0.15, 0.2) is 0 Å². The molecule has 6 heteroatoms. The van der Waals surface area contributed by atoms with Crippen molar-refractivity contribution in [2.45, 2.75) is 0 Å². The van der Waals surface area contributed by atoms with Gasteiger partial charge < -0.3 is 20.2 Å². The molecule has 0 aromatic heterocycles. The van der Waals surface area contributed by atoms with Gasteiger partial charge in [0.1, 0.15) is 6.54 Å². The maximum absolute atomic E-state index is 11.3. The highest BCUT2D eigenvalue weighted by Crippen LogP contribution is 2.04. The lowest BCUT2D eigenvalue weighted by atomic mass is 10.5. The molecule has 1 rings (SSSR count). The predicted molar refractivity (Wildman–Crippen MR) is 49.7 cm³/mol. The molecule has 0 aromatic carbocycles. The first-order valence-corrected chi connectivity index (χ1v) is 4.52. The number of amides is 3. The minimum Gasteiger partial charge on any atom is -0.395 e. The normalized spacial score (nSPS) is 16.3. The van der Waals surface area contributed by atoms with E-state index in [0.29, 0.717) is 13.1 Å². The zero-order valence-corrected chi connectivity index (χ0v) is 8.19. The molecule has 14 heavy (non-hydrogen) atoms. The molecule has 2 N–H and O–H groups in total. The van der Waals surface area contributed by atoms with Crippen LogP contribution in [0.5, 0.6) is 0 Å². The summed E-state index contributed by atoms with van der Waals surface area (Å²) in [5, 5.41) is 11.0. The number of likely N-dealkylation sites (N-methyl/N-ethyl adjacent to an activating group) is 1. The number of carbonyl (C=O) groups is 2. The third kappa shape index (κ3) is 2.59. The molecule has 0 saturated carbocycles. The summed E-state index contributed by atoms with van der Waals surface area (Å²) in [6, 6.07) is -0.121. The van der Waals surface area contributed by atoms with Gasteiger partial charge in [0.25, 0.3) is 0 Å². The Hall–Kier alpha value is -1.30. The Kier molecular flexibility index (Phi) is 3.70. The number of aliphatic hydroxyl groups is 1. The monoisotopic (exact) mass is 201 g/mol. The molecule has 80 valence electrons. The van der Waals surface area contributed by atoms with E-state index in [1.54, 1.807) is 11.9 Å². The summed E-state index contributed by atoms with van der Waals surface area (Å²) in [6.45, 7) is 1.47. The van der Waals surface area contributed by atoms with E-state index in [-0.39, 0.29) is 31.6 Å². The molecule has 6 nitrogen and oxygen atoms in total. The average molecular weight is 201 g/mol. The van der Waals surface area contributed by atoms with Crippen molar-refractivity contribution in [3.05, 3.63) is 0 Å². The van der Waals surface area contributed by atoms with Gasteiger partial charge in [-0.05, 0) is 0 Å². The van der Waals surface area contributed by atoms with Gasteiger partial charge >= 0.3 is 6.03 Å². The van der Waals surface area contributed by atoms with Crippen LogP contribution < -0.4 is 5.32 Å². The number of urea groups is 1. The highest BCUT2D eigenvalue weighted by Gasteiger charge is 2.26. The third-order valence-electron chi connectivity index (χ3n) is 2.07. The molecule has 3 amide bonds. The van der Waals surface area contributed by atoms with Crippen molar-refractivity contribution in [1.29, 1.82) is 0 Å². The van der Waals surface area contributed by atoms with Crippen molar-refractivity contribution in [3.8, 4) is 0 Å². The highest BCUT2D eigenvalue weighted by molar-refractivity contribution is 5.84. The van der Waals surface area contributed by atoms with Gasteiger partial charge in [-0.25, -0.2) is 4.79 Å². The lowest BCUT2D eigenvalue weighted by Crippen LogP contribution is -2.40. The van der Waals surface area contributed by atoms with Crippen LogP contribution in [0.4, 0.5) is 4.79 Å². The number of hydrogen-bond acceptors (Lipinski definition) is 3. The fourth-order valence-corrected chi connectivity index (χ4v) is 1.27. The summed E-state index contributed by atoms with van der Waals surface area (Å²) in [7, 11) is 1.70. The molecule has 0 aromatic rings. The number of hydrogen-bond donors (Lipinski definition) is 2. The second-order valence-corrected chi connectivity index (χ2v) is 3.20. The van der Waals surface area contributed by atoms with E-state index in [9.17, 15) is 9.59 Å². The molecule has 1 aliphatic heterocycles. The molecule has 1 fully saturated rings. The summed E-state index contributed by atoms with van der Waals surface area (Å²) in [4.78, 5) is 25.6. The van der Waals surface area contributed by atoms with Crippen LogP contribution in [0.2, 0.25) is 0 Å². The molecule has 0 aliphatic carbocycles. The van der Waals surface area contributed by atoms with E-state index < -0.39 is 0 Å². The molecule has 1 saturated heterocycles. The minimum absolute atomic E-state index is 0.0726. The molecular formula is C8H15N3O3. The van der Waals surface area contributed by atoms with Gasteiger partial charge in [-0.3, -0.25) is 4.79 Å². The summed E-state index contributed by atoms with van der Waals surface area (Å²) in [5.74, 6) is -0.234. The number of carbonyl (C=O) groups excluding carboxylic acids is 2. The fraction of sp³-hybridized carbons (Fsp3) is 0.750. The molecule has 0 bridgehead atoms. The summed E-state index contributed by atoms with van der Waals surface area (Å²) in [5.41, 5.74) is 0. The summed E-state index contributed by atoms with van der Waals surface area (Å²) >= 11 is 0. The van der Waals surface area contributed by atoms with Crippen molar-refractivity contribution in [2.24, 2.45) is 0 Å². The highest BCUT2D eigenvalue weighted by atomic mass is 16.3. The number of rotatable bonds is 4. The summed E-state index contributed by atoms with van der Waals surface area (Å²) in [6.07, 6.45) is 0. The van der Waals surface area contributed by atoms with Crippen molar-refractivity contribution >= 4 is 11.9 Å². The van der Waals surface area contributed by atoms with Crippen LogP contribution in [-0.4, -0.2) is 66.7 Å². The zero-order chi connectivity index (χ0) is 10.6. The lowest BCUT2D eigenvalue weighted by Gasteiger charge is -2.14. The fourth-order valence-electron chi connectivity index (χ4n) is 1.27. The topological polar surface area (TPSA) is 72.9 Å². The minimum atomic E-state index is -0.234. The zero-order valence-electron chi connectivity index (χ0n) is 8.19. The molecule has 1 aliphatic rings. The first-order chi connectivity index (χ1) is 6.65. The van der Waals surface area contributed by atoms with Gasteiger partial charge in [0.2, 0.25) is 5.91 Å². The molecule has 0 radical (unpaired) electrons. The Morgan fingerprint density at radius 2 is 2.29 bits per heavy atom. The van der Waals surface area contributed by atoms with Crippen molar-refractivity contribution in [3.63, 3.8) is 0 Å². The lowest BCUT2D eigenvalue weighted by molar-refractivity contribution is -0.121. The van der Waals surface area contributed by atoms with E-state index in [4.69, 9.17) is 5.11 Å². The second-order valence-electron chi connectivity index (χ2n) is 3.20. The Morgan fingerprint density at radius 1 is 1.57 bits per heavy atom. The van der Waals surface area contributed by atoms with Crippen LogP contribution in [0.3, 0.4) is 0 Å². The maximum Gasteiger partial charge on any atom is 0.320 e. The van der Waals surface area contributed by atoms with Gasteiger partial charge in [0, 0.05) is 26.7 Å². The van der Waals surface area contributed by atoms with Crippen LogP contribution >= 0.6 is 0 Å². The van der Waals surface area contributed by atoms with E-state index in [0.717, 1.165) is 0 Å². The average Bonchev–Trinajstić information content (AvgIpc) is 2.46. The molecular weight excluding hydrogens is 186 g/mol. The number of aliphatic hydroxyl groups excluding tert-OH is 1. The molecule has 1 heterocycles. The van der Waals surface area contributed by atoms with Gasteiger partial charge in [0.05, 0.1) is 6.61 Å². The number of nitrogens with zero attached hydrogens (tertiary/aromatic N) is 2. The van der Waals surface area contributed by atoms with Crippen LogP contribution in [0, 0.1) is 0 Å². The maximum atomic E-state index is 11.3. The molecule has 0 unspecified atom stereocenters. The Labute approximate surface area is 82.5 Å². The number of nitrogens with one attached hydrogen (secondary N) is 1. The van der Waals surface area contributed by atoms with Gasteiger partial charge in [0.15, 0.2) is 0 Å². The Bertz CT molecular complexity index is 232. The van der Waals surface area contributed by atoms with Crippen molar-refractivity contribution in [2.75, 3.05) is 39.8 Å². The van der Waals surface area contributed by atoms with Crippen molar-refractivity contribution in [1.82, 2.24) is 15.1 Å². The van der Waals surface area contributed by atoms with E-state index in [2.05, 4.69) is 5.32 Å². The quantitative estimate of drug-likeness (QED) is 0.579. The molecule has 0 atom stereocenters. The van der Waals surface area contributed by atoms with Crippen LogP contribution in [0.1, 0.15) is 0 Å². The summed E-state index contributed by atoms with van der Waals surface area (Å²) < 4.78 is 0. The van der Waals surface area contributed by atoms with Gasteiger partial charge in [-0.2, -0.15) is 0 Å². The second kappa shape index (κ2) is 4.80. The standard InChI is InChI=1S/C8H15N3O3/c1-10-3-4-11(8(10)14)6-7(13)9-2-5-12/h12H,2-6H2,1H3,(H,9,13). The first kappa shape index (κ1) is 10.8. The SMILES string of the molecule is CN1CCN(CC(=O)NCCO)C1=O. The van der Waals surface area contributed by atoms with Crippen LogP contribution in [0.25, 0.3) is 0 Å². The predicted octanol–water partition coefficient (Wildman–Crippen LogP) is -1.54. The van der Waals surface area contributed by atoms with Crippen molar-refractivity contribution < 1.29 is 14.7 Å². The third-order valence-corrected chi connectivity index (χ3v) is 2.07. The largest absolute Gasteiger partial charge is 0.395 e. The Morgan fingerprint density at radius 3 is 2.79 bits per heavy atom. The van der Waals surface area contributed by atoms with E-state index in [1.165, 1.54) is 4.90 Å².